The molecule has 0 spiro atoms. The predicted octanol–water partition coefficient (Wildman–Crippen LogP) is 7.87. The molecule has 0 N–H and O–H groups in total. The number of alkyl halides is 1. The van der Waals surface area contributed by atoms with Crippen molar-refractivity contribution in [1.29, 1.82) is 0 Å². The van der Waals surface area contributed by atoms with Gasteiger partial charge < -0.3 is 4.74 Å². The van der Waals surface area contributed by atoms with Gasteiger partial charge in [0.05, 0.1) is 12.2 Å². The molecular formula is C24H21F7O2. The lowest BCUT2D eigenvalue weighted by Gasteiger charge is -2.14. The number of ether oxygens (including phenoxy) is 1. The normalized spacial score (nSPS) is 10.5. The van der Waals surface area contributed by atoms with E-state index in [0.29, 0.717) is 24.3 Å². The fraction of sp³-hybridized carbons (Fsp3) is 0.250. The van der Waals surface area contributed by atoms with E-state index in [1.54, 1.807) is 0 Å². The van der Waals surface area contributed by atoms with Gasteiger partial charge in [0.15, 0.2) is 23.2 Å². The molecule has 178 valence electrons. The maximum absolute atomic E-state index is 13.8. The Morgan fingerprint density at radius 2 is 1.24 bits per heavy atom. The lowest BCUT2D eigenvalue weighted by molar-refractivity contribution is -0.00711. The Hall–Kier alpha value is -3.23. The van der Waals surface area contributed by atoms with Gasteiger partial charge in [-0.2, -0.15) is 0 Å². The summed E-state index contributed by atoms with van der Waals surface area (Å²) in [6.07, 6.45) is 0.904. The van der Waals surface area contributed by atoms with E-state index in [1.807, 2.05) is 32.9 Å². The fourth-order valence-electron chi connectivity index (χ4n) is 3.13. The van der Waals surface area contributed by atoms with Gasteiger partial charge >= 0.3 is 0 Å². The van der Waals surface area contributed by atoms with Gasteiger partial charge in [-0.25, -0.2) is 26.3 Å². The summed E-state index contributed by atoms with van der Waals surface area (Å²) < 4.78 is 93.5. The summed E-state index contributed by atoms with van der Waals surface area (Å²) in [6, 6.07) is 6.85. The molecule has 0 aromatic heterocycles. The molecule has 0 aliphatic carbocycles. The molecule has 0 fully saturated rings. The molecule has 3 rings (SSSR count). The highest BCUT2D eigenvalue weighted by molar-refractivity contribution is 5.72. The highest BCUT2D eigenvalue weighted by Crippen LogP contribution is 2.33. The quantitative estimate of drug-likeness (QED) is 0.267. The number of aryl methyl sites for hydroxylation is 2. The van der Waals surface area contributed by atoms with Crippen LogP contribution in [0, 0.1) is 42.9 Å². The van der Waals surface area contributed by atoms with Crippen LogP contribution in [-0.2, 0) is 6.67 Å². The molecule has 2 nitrogen and oxygen atoms in total. The maximum atomic E-state index is 13.8. The Balaban J connectivity index is 0.000000294. The van der Waals surface area contributed by atoms with Crippen LogP contribution in [0.5, 0.6) is 11.5 Å². The van der Waals surface area contributed by atoms with Gasteiger partial charge in [-0.05, 0) is 66.8 Å². The van der Waals surface area contributed by atoms with Crippen molar-refractivity contribution in [2.75, 3.05) is 6.61 Å². The minimum absolute atomic E-state index is 0.401. The van der Waals surface area contributed by atoms with E-state index >= 15 is 0 Å². The molecule has 0 amide bonds. The molecule has 0 heterocycles. The largest absolute Gasteiger partial charge is 0.494 e. The fourth-order valence-corrected chi connectivity index (χ4v) is 3.13. The third kappa shape index (κ3) is 6.40. The van der Waals surface area contributed by atoms with Crippen molar-refractivity contribution in [2.24, 2.45) is 0 Å². The number of hydrogen-bond donors (Lipinski definition) is 0. The lowest BCUT2D eigenvalue weighted by Crippen LogP contribution is -1.99. The standard InChI is InChI=1S/C18H19F3O.C6H2F4O/c1-4-5-22-14-6-11(2)18(12(3)7-14)13-8-16(20)15(10-19)17(21)9-13;7-4-1-3(11-10)2-5(8)6(4)9/h6-9H,4-5,10H2,1-3H3;1-2H. The smallest absolute Gasteiger partial charge is 0.194 e. The van der Waals surface area contributed by atoms with E-state index in [-0.39, 0.29) is 0 Å². The van der Waals surface area contributed by atoms with Crippen molar-refractivity contribution in [3.05, 3.63) is 82.2 Å². The molecule has 0 saturated heterocycles. The summed E-state index contributed by atoms with van der Waals surface area (Å²) >= 11 is 0. The molecule has 0 unspecified atom stereocenters. The zero-order valence-electron chi connectivity index (χ0n) is 18.0. The molecule has 0 radical (unpaired) electrons. The molecule has 0 atom stereocenters. The summed E-state index contributed by atoms with van der Waals surface area (Å²) in [7, 11) is 0. The monoisotopic (exact) mass is 474 g/mol. The number of hydrogen-bond acceptors (Lipinski definition) is 2. The first-order chi connectivity index (χ1) is 15.6. The minimum Gasteiger partial charge on any atom is -0.494 e. The average molecular weight is 474 g/mol. The van der Waals surface area contributed by atoms with Crippen molar-refractivity contribution < 1.29 is 40.5 Å². The topological polar surface area (TPSA) is 18.5 Å². The van der Waals surface area contributed by atoms with E-state index in [0.717, 1.165) is 28.9 Å². The van der Waals surface area contributed by atoms with E-state index < -0.39 is 47.1 Å². The van der Waals surface area contributed by atoms with E-state index in [1.165, 1.54) is 12.1 Å². The van der Waals surface area contributed by atoms with Crippen molar-refractivity contribution in [2.45, 2.75) is 33.9 Å². The van der Waals surface area contributed by atoms with E-state index in [4.69, 9.17) is 4.74 Å². The van der Waals surface area contributed by atoms with Gasteiger partial charge in [0.1, 0.15) is 24.1 Å². The van der Waals surface area contributed by atoms with Crippen LogP contribution in [0.3, 0.4) is 0 Å². The SMILES string of the molecule is CCCOc1cc(C)c(-c2cc(F)c(CF)c(F)c2)c(C)c1.FOc1cc(F)c(F)c(F)c1. The van der Waals surface area contributed by atoms with Crippen molar-refractivity contribution in [1.82, 2.24) is 0 Å². The molecule has 0 aliphatic rings. The molecule has 9 heteroatoms. The number of rotatable bonds is 6. The van der Waals surface area contributed by atoms with Crippen LogP contribution in [0.15, 0.2) is 36.4 Å². The van der Waals surface area contributed by atoms with Crippen LogP contribution < -0.4 is 9.68 Å². The van der Waals surface area contributed by atoms with E-state index in [9.17, 15) is 30.9 Å². The predicted molar refractivity (Wildman–Crippen MR) is 110 cm³/mol. The second-order valence-corrected chi connectivity index (χ2v) is 7.11. The first-order valence-corrected chi connectivity index (χ1v) is 9.84. The molecule has 0 saturated carbocycles. The number of halogens is 7. The number of benzene rings is 3. The Bertz CT molecular complexity index is 1050. The molecule has 0 aliphatic heterocycles. The minimum atomic E-state index is -1.65. The molecule has 3 aromatic rings. The van der Waals surface area contributed by atoms with Gasteiger partial charge in [0.2, 0.25) is 0 Å². The maximum Gasteiger partial charge on any atom is 0.194 e. The zero-order chi connectivity index (χ0) is 24.7. The molecule has 33 heavy (non-hydrogen) atoms. The van der Waals surface area contributed by atoms with Crippen LogP contribution in [0.1, 0.15) is 30.0 Å². The van der Waals surface area contributed by atoms with E-state index in [2.05, 4.69) is 4.94 Å². The second kappa shape index (κ2) is 11.6. The Morgan fingerprint density at radius 1 is 0.727 bits per heavy atom. The Morgan fingerprint density at radius 3 is 1.67 bits per heavy atom. The zero-order valence-corrected chi connectivity index (χ0v) is 18.0. The van der Waals surface area contributed by atoms with Crippen molar-refractivity contribution >= 4 is 0 Å². The highest BCUT2D eigenvalue weighted by Gasteiger charge is 2.15. The van der Waals surface area contributed by atoms with Crippen LogP contribution >= 0.6 is 0 Å². The lowest BCUT2D eigenvalue weighted by atomic mass is 9.94. The summed E-state index contributed by atoms with van der Waals surface area (Å²) in [5.41, 5.74) is 2.34. The summed E-state index contributed by atoms with van der Waals surface area (Å²) in [6.45, 7) is 5.21. The average Bonchev–Trinajstić information content (AvgIpc) is 2.75. The summed E-state index contributed by atoms with van der Waals surface area (Å²) in [5, 5.41) is 0. The van der Waals surface area contributed by atoms with Crippen LogP contribution in [-0.4, -0.2) is 6.61 Å². The van der Waals surface area contributed by atoms with Gasteiger partial charge in [0, 0.05) is 16.7 Å². The third-order valence-electron chi connectivity index (χ3n) is 4.59. The molecular weight excluding hydrogens is 453 g/mol. The van der Waals surface area contributed by atoms with Crippen molar-refractivity contribution in [3.63, 3.8) is 0 Å². The Labute approximate surface area is 186 Å². The van der Waals surface area contributed by atoms with Gasteiger partial charge in [-0.3, -0.25) is 4.94 Å². The second-order valence-electron chi connectivity index (χ2n) is 7.11. The first kappa shape index (κ1) is 26.0. The Kier molecular flexibility index (Phi) is 9.13. The highest BCUT2D eigenvalue weighted by atomic mass is 19.3. The van der Waals surface area contributed by atoms with Gasteiger partial charge in [0.25, 0.3) is 0 Å². The molecule has 0 bridgehead atoms. The molecule has 3 aromatic carbocycles. The summed E-state index contributed by atoms with van der Waals surface area (Å²) in [5.74, 6) is -6.31. The third-order valence-corrected chi connectivity index (χ3v) is 4.59. The van der Waals surface area contributed by atoms with Gasteiger partial charge in [-0.1, -0.05) is 6.92 Å². The van der Waals surface area contributed by atoms with Gasteiger partial charge in [-0.15, -0.1) is 0 Å². The van der Waals surface area contributed by atoms with Crippen molar-refractivity contribution in [3.8, 4) is 22.6 Å². The summed E-state index contributed by atoms with van der Waals surface area (Å²) in [4.78, 5) is 2.98. The first-order valence-electron chi connectivity index (χ1n) is 9.84. The van der Waals surface area contributed by atoms with Crippen LogP contribution in [0.2, 0.25) is 0 Å². The van der Waals surface area contributed by atoms with Crippen LogP contribution in [0.25, 0.3) is 11.1 Å². The van der Waals surface area contributed by atoms with Crippen LogP contribution in [0.4, 0.5) is 30.9 Å².